The topological polar surface area (TPSA) is 78.0 Å². The van der Waals surface area contributed by atoms with Crippen LogP contribution < -0.4 is 5.32 Å². The van der Waals surface area contributed by atoms with Gasteiger partial charge >= 0.3 is 0 Å². The van der Waals surface area contributed by atoms with Gasteiger partial charge < -0.3 is 10.4 Å². The summed E-state index contributed by atoms with van der Waals surface area (Å²) in [5.41, 5.74) is 0.732. The van der Waals surface area contributed by atoms with Gasteiger partial charge in [0.1, 0.15) is 0 Å². The van der Waals surface area contributed by atoms with Crippen LogP contribution in [-0.4, -0.2) is 34.4 Å². The van der Waals surface area contributed by atoms with E-state index in [1.165, 1.54) is 0 Å². The minimum Gasteiger partial charge on any atom is -0.396 e. The molecule has 0 aliphatic carbocycles. The highest BCUT2D eigenvalue weighted by Crippen LogP contribution is 2.17. The Labute approximate surface area is 95.3 Å². The van der Waals surface area contributed by atoms with Gasteiger partial charge in [0.25, 0.3) is 0 Å². The molecule has 5 nitrogen and oxygen atoms in total. The van der Waals surface area contributed by atoms with Crippen LogP contribution in [0.25, 0.3) is 0 Å². The van der Waals surface area contributed by atoms with Crippen molar-refractivity contribution in [2.75, 3.05) is 13.2 Å². The Balaban J connectivity index is 2.30. The lowest BCUT2D eigenvalue weighted by atomic mass is 9.90. The van der Waals surface area contributed by atoms with E-state index in [4.69, 9.17) is 5.11 Å². The van der Waals surface area contributed by atoms with Gasteiger partial charge in [-0.05, 0) is 17.9 Å². The van der Waals surface area contributed by atoms with Crippen molar-refractivity contribution >= 4 is 5.91 Å². The summed E-state index contributed by atoms with van der Waals surface area (Å²) < 4.78 is 0. The minimum atomic E-state index is -0.0710. The van der Waals surface area contributed by atoms with Crippen molar-refractivity contribution in [2.45, 2.75) is 26.7 Å². The minimum absolute atomic E-state index is 0.0322. The number of nitrogens with zero attached hydrogens (tertiary/aromatic N) is 1. The fourth-order valence-electron chi connectivity index (χ4n) is 1.35. The average Bonchev–Trinajstić information content (AvgIpc) is 2.68. The van der Waals surface area contributed by atoms with E-state index in [1.54, 1.807) is 12.3 Å². The van der Waals surface area contributed by atoms with Gasteiger partial charge in [-0.3, -0.25) is 9.89 Å². The number of aliphatic hydroxyl groups is 1. The Bertz CT molecular complexity index is 320. The zero-order chi connectivity index (χ0) is 12.0. The first-order valence-corrected chi connectivity index (χ1v) is 5.39. The van der Waals surface area contributed by atoms with Crippen molar-refractivity contribution in [3.05, 3.63) is 18.0 Å². The largest absolute Gasteiger partial charge is 0.396 e. The number of amides is 1. The number of aromatic amines is 1. The first-order valence-electron chi connectivity index (χ1n) is 5.39. The van der Waals surface area contributed by atoms with Crippen LogP contribution in [0.2, 0.25) is 0 Å². The van der Waals surface area contributed by atoms with Crippen LogP contribution in [0.4, 0.5) is 0 Å². The number of hydrogen-bond acceptors (Lipinski definition) is 3. The van der Waals surface area contributed by atoms with Gasteiger partial charge in [-0.25, -0.2) is 0 Å². The number of nitrogens with one attached hydrogen (secondary N) is 2. The molecule has 0 spiro atoms. The van der Waals surface area contributed by atoms with Gasteiger partial charge in [0, 0.05) is 25.0 Å². The molecule has 3 N–H and O–H groups in total. The zero-order valence-corrected chi connectivity index (χ0v) is 9.79. The van der Waals surface area contributed by atoms with Gasteiger partial charge in [-0.1, -0.05) is 13.8 Å². The summed E-state index contributed by atoms with van der Waals surface area (Å²) in [5, 5.41) is 18.2. The van der Waals surface area contributed by atoms with E-state index in [1.807, 2.05) is 13.8 Å². The molecule has 16 heavy (non-hydrogen) atoms. The molecule has 90 valence electrons. The lowest BCUT2D eigenvalue weighted by molar-refractivity contribution is -0.121. The van der Waals surface area contributed by atoms with Crippen LogP contribution in [-0.2, 0) is 11.2 Å². The molecule has 0 fully saturated rings. The molecule has 0 aliphatic rings. The van der Waals surface area contributed by atoms with E-state index in [0.29, 0.717) is 19.4 Å². The highest BCUT2D eigenvalue weighted by atomic mass is 16.3. The number of hydrogen-bond donors (Lipinski definition) is 3. The van der Waals surface area contributed by atoms with Crippen LogP contribution in [0.1, 0.15) is 26.0 Å². The molecule has 0 radical (unpaired) electrons. The SMILES string of the molecule is CC(C)(CCO)CNC(=O)Cc1ccn[nH]1. The summed E-state index contributed by atoms with van der Waals surface area (Å²) in [7, 11) is 0. The van der Waals surface area contributed by atoms with Gasteiger partial charge in [-0.15, -0.1) is 0 Å². The van der Waals surface area contributed by atoms with Gasteiger partial charge in [0.05, 0.1) is 6.42 Å². The van der Waals surface area contributed by atoms with Crippen LogP contribution >= 0.6 is 0 Å². The Morgan fingerprint density at radius 3 is 2.94 bits per heavy atom. The molecule has 5 heteroatoms. The average molecular weight is 225 g/mol. The van der Waals surface area contributed by atoms with Crippen molar-refractivity contribution < 1.29 is 9.90 Å². The molecule has 1 rings (SSSR count). The Kier molecular flexibility index (Phi) is 4.49. The molecule has 1 amide bonds. The summed E-state index contributed by atoms with van der Waals surface area (Å²) in [5.74, 6) is -0.0322. The van der Waals surface area contributed by atoms with Crippen LogP contribution in [0, 0.1) is 5.41 Å². The van der Waals surface area contributed by atoms with Crippen molar-refractivity contribution in [3.63, 3.8) is 0 Å². The maximum Gasteiger partial charge on any atom is 0.226 e. The molecule has 0 saturated carbocycles. The van der Waals surface area contributed by atoms with E-state index < -0.39 is 0 Å². The molecule has 1 aromatic rings. The Morgan fingerprint density at radius 1 is 1.62 bits per heavy atom. The van der Waals surface area contributed by atoms with Crippen molar-refractivity contribution in [1.29, 1.82) is 0 Å². The fourth-order valence-corrected chi connectivity index (χ4v) is 1.35. The van der Waals surface area contributed by atoms with E-state index >= 15 is 0 Å². The quantitative estimate of drug-likeness (QED) is 0.659. The molecule has 0 aromatic carbocycles. The van der Waals surface area contributed by atoms with Crippen molar-refractivity contribution in [3.8, 4) is 0 Å². The van der Waals surface area contributed by atoms with E-state index in [0.717, 1.165) is 5.69 Å². The van der Waals surface area contributed by atoms with Crippen LogP contribution in [0.3, 0.4) is 0 Å². The standard InChI is InChI=1S/C11H19N3O2/c1-11(2,4-6-15)8-12-10(16)7-9-3-5-13-14-9/h3,5,15H,4,6-8H2,1-2H3,(H,12,16)(H,13,14). The number of H-pyrrole nitrogens is 1. The highest BCUT2D eigenvalue weighted by molar-refractivity contribution is 5.78. The third kappa shape index (κ3) is 4.44. The molecule has 0 unspecified atom stereocenters. The summed E-state index contributed by atoms with van der Waals surface area (Å²) in [6, 6.07) is 1.78. The predicted octanol–water partition coefficient (Wildman–Crippen LogP) is 0.477. The zero-order valence-electron chi connectivity index (χ0n) is 9.79. The first-order chi connectivity index (χ1) is 7.53. The maximum atomic E-state index is 11.5. The van der Waals surface area contributed by atoms with Crippen molar-refractivity contribution in [1.82, 2.24) is 15.5 Å². The summed E-state index contributed by atoms with van der Waals surface area (Å²) >= 11 is 0. The first kappa shape index (κ1) is 12.7. The van der Waals surface area contributed by atoms with E-state index in [2.05, 4.69) is 15.5 Å². The number of rotatable bonds is 6. The smallest absolute Gasteiger partial charge is 0.226 e. The second kappa shape index (κ2) is 5.65. The number of carbonyl (C=O) groups excluding carboxylic acids is 1. The second-order valence-electron chi connectivity index (χ2n) is 4.67. The normalized spacial score (nSPS) is 11.4. The molecule has 0 aliphatic heterocycles. The summed E-state index contributed by atoms with van der Waals surface area (Å²) in [6.07, 6.45) is 2.62. The molecular formula is C11H19N3O2. The lowest BCUT2D eigenvalue weighted by Crippen LogP contribution is -2.35. The van der Waals surface area contributed by atoms with E-state index in [-0.39, 0.29) is 17.9 Å². The third-order valence-electron chi connectivity index (χ3n) is 2.46. The molecule has 1 heterocycles. The van der Waals surface area contributed by atoms with Gasteiger partial charge in [-0.2, -0.15) is 5.10 Å². The molecule has 0 atom stereocenters. The predicted molar refractivity (Wildman–Crippen MR) is 60.8 cm³/mol. The lowest BCUT2D eigenvalue weighted by Gasteiger charge is -2.23. The monoisotopic (exact) mass is 225 g/mol. The highest BCUT2D eigenvalue weighted by Gasteiger charge is 2.18. The molecule has 0 bridgehead atoms. The van der Waals surface area contributed by atoms with Crippen LogP contribution in [0.5, 0.6) is 0 Å². The fraction of sp³-hybridized carbons (Fsp3) is 0.636. The third-order valence-corrected chi connectivity index (χ3v) is 2.46. The van der Waals surface area contributed by atoms with Crippen LogP contribution in [0.15, 0.2) is 12.3 Å². The summed E-state index contributed by atoms with van der Waals surface area (Å²) in [4.78, 5) is 11.5. The molecule has 1 aromatic heterocycles. The van der Waals surface area contributed by atoms with Crippen molar-refractivity contribution in [2.24, 2.45) is 5.41 Å². The van der Waals surface area contributed by atoms with Gasteiger partial charge in [0.15, 0.2) is 0 Å². The molecular weight excluding hydrogens is 206 g/mol. The number of aliphatic hydroxyl groups excluding tert-OH is 1. The maximum absolute atomic E-state index is 11.5. The Morgan fingerprint density at radius 2 is 2.38 bits per heavy atom. The van der Waals surface area contributed by atoms with Gasteiger partial charge in [0.2, 0.25) is 5.91 Å². The summed E-state index contributed by atoms with van der Waals surface area (Å²) in [6.45, 7) is 4.74. The molecule has 0 saturated heterocycles. The number of carbonyl (C=O) groups is 1. The second-order valence-corrected chi connectivity index (χ2v) is 4.67. The number of aromatic nitrogens is 2. The Hall–Kier alpha value is -1.36. The van der Waals surface area contributed by atoms with E-state index in [9.17, 15) is 4.79 Å².